The van der Waals surface area contributed by atoms with Crippen LogP contribution in [0, 0.1) is 5.92 Å². The predicted molar refractivity (Wildman–Crippen MR) is 140 cm³/mol. The maximum absolute atomic E-state index is 13.1. The number of dihydropyridines is 1. The summed E-state index contributed by atoms with van der Waals surface area (Å²) < 4.78 is 6.37. The molecule has 1 aromatic heterocycles. The van der Waals surface area contributed by atoms with Crippen molar-refractivity contribution in [2.45, 2.75) is 44.9 Å². The lowest BCUT2D eigenvalue weighted by Gasteiger charge is -2.33. The maximum atomic E-state index is 13.1. The summed E-state index contributed by atoms with van der Waals surface area (Å²) >= 11 is 0. The van der Waals surface area contributed by atoms with E-state index in [0.717, 1.165) is 48.7 Å². The van der Waals surface area contributed by atoms with Crippen molar-refractivity contribution in [3.05, 3.63) is 58.6 Å². The van der Waals surface area contributed by atoms with E-state index in [0.29, 0.717) is 55.9 Å². The minimum absolute atomic E-state index is 0.0621. The number of carbonyl (C=O) groups excluding carboxylic acids is 2. The van der Waals surface area contributed by atoms with Gasteiger partial charge in [-0.3, -0.25) is 14.6 Å². The molecule has 1 aromatic rings. The standard InChI is InChI=1S/C28H33N5O3/c1-3-7-18(2)31-27-24-25-20(14-30-28(24)35)9-4-5-10-23(34)33-13-6-8-19(16-33)17-36-22-15-29-12-11-21(22)26(27)32-25/h4-5,15,19-20,31-32H,1,6,8-14,16-17H2,2H3,(H,30,35)/b5-4-. The highest BCUT2D eigenvalue weighted by atomic mass is 16.5. The fraction of sp³-hybridized carbons (Fsp3) is 0.464. The Kier molecular flexibility index (Phi) is 6.99. The van der Waals surface area contributed by atoms with Crippen LogP contribution in [0.3, 0.4) is 0 Å². The first-order chi connectivity index (χ1) is 17.5. The number of piperidine rings is 1. The normalized spacial score (nSPS) is 24.6. The number of nitrogens with zero attached hydrogens (tertiary/aromatic N) is 2. The molecule has 4 aliphatic rings. The molecule has 2 amide bonds. The first-order valence-corrected chi connectivity index (χ1v) is 12.8. The van der Waals surface area contributed by atoms with E-state index in [4.69, 9.17) is 4.74 Å². The second-order valence-electron chi connectivity index (χ2n) is 9.82. The molecule has 4 bridgehead atoms. The maximum Gasteiger partial charge on any atom is 0.255 e. The third-order valence-corrected chi connectivity index (χ3v) is 7.29. The van der Waals surface area contributed by atoms with E-state index in [1.165, 1.54) is 0 Å². The highest BCUT2D eigenvalue weighted by Gasteiger charge is 2.34. The highest BCUT2D eigenvalue weighted by molar-refractivity contribution is 6.06. The van der Waals surface area contributed by atoms with Crippen LogP contribution in [-0.4, -0.2) is 60.7 Å². The van der Waals surface area contributed by atoms with E-state index in [9.17, 15) is 9.59 Å². The van der Waals surface area contributed by atoms with Gasteiger partial charge < -0.3 is 25.3 Å². The van der Waals surface area contributed by atoms with Crippen molar-refractivity contribution >= 4 is 29.3 Å². The Bertz CT molecular complexity index is 1240. The molecular weight excluding hydrogens is 454 g/mol. The zero-order valence-electron chi connectivity index (χ0n) is 20.8. The Morgan fingerprint density at radius 2 is 2.22 bits per heavy atom. The van der Waals surface area contributed by atoms with Crippen LogP contribution in [-0.2, 0) is 9.53 Å². The molecule has 8 nitrogen and oxygen atoms in total. The van der Waals surface area contributed by atoms with Gasteiger partial charge >= 0.3 is 0 Å². The lowest BCUT2D eigenvalue weighted by Crippen LogP contribution is -2.41. The fourth-order valence-electron chi connectivity index (χ4n) is 5.48. The number of aliphatic imine (C=N–C) groups is 1. The molecule has 1 fully saturated rings. The molecule has 5 rings (SSSR count). The van der Waals surface area contributed by atoms with Gasteiger partial charge in [0, 0.05) is 55.7 Å². The molecule has 2 atom stereocenters. The van der Waals surface area contributed by atoms with Gasteiger partial charge in [0.2, 0.25) is 5.91 Å². The monoisotopic (exact) mass is 487 g/mol. The number of ether oxygens (including phenoxy) is 1. The van der Waals surface area contributed by atoms with E-state index in [2.05, 4.69) is 44.7 Å². The Hall–Kier alpha value is -3.73. The third-order valence-electron chi connectivity index (χ3n) is 7.29. The lowest BCUT2D eigenvalue weighted by atomic mass is 9.93. The van der Waals surface area contributed by atoms with E-state index in [1.807, 2.05) is 17.9 Å². The van der Waals surface area contributed by atoms with Gasteiger partial charge in [0.25, 0.3) is 5.91 Å². The summed E-state index contributed by atoms with van der Waals surface area (Å²) in [4.78, 5) is 36.0. The largest absolute Gasteiger partial charge is 0.491 e. The van der Waals surface area contributed by atoms with Crippen molar-refractivity contribution in [3.63, 3.8) is 0 Å². The van der Waals surface area contributed by atoms with E-state index in [-0.39, 0.29) is 23.7 Å². The first kappa shape index (κ1) is 24.0. The van der Waals surface area contributed by atoms with Crippen molar-refractivity contribution in [1.82, 2.24) is 15.2 Å². The van der Waals surface area contributed by atoms with Gasteiger partial charge in [-0.2, -0.15) is 0 Å². The molecule has 1 saturated heterocycles. The number of anilines is 1. The van der Waals surface area contributed by atoms with Gasteiger partial charge in [0.1, 0.15) is 5.76 Å². The molecule has 0 radical (unpaired) electrons. The van der Waals surface area contributed by atoms with Crippen LogP contribution >= 0.6 is 0 Å². The fourth-order valence-corrected chi connectivity index (χ4v) is 5.48. The van der Waals surface area contributed by atoms with Gasteiger partial charge in [-0.05, 0) is 44.9 Å². The molecule has 8 heteroatoms. The number of carbonyl (C=O) groups is 2. The number of amides is 2. The van der Waals surface area contributed by atoms with Gasteiger partial charge in [-0.25, -0.2) is 0 Å². The van der Waals surface area contributed by atoms with Gasteiger partial charge in [-0.15, -0.1) is 0 Å². The zero-order valence-corrected chi connectivity index (χ0v) is 20.8. The molecule has 0 saturated carbocycles. The number of rotatable bonds is 2. The second-order valence-corrected chi connectivity index (χ2v) is 9.82. The third kappa shape index (κ3) is 4.83. The number of fused-ring (bicyclic) bond motifs is 4. The number of H-pyrrole nitrogens is 1. The lowest BCUT2D eigenvalue weighted by molar-refractivity contribution is -0.132. The van der Waals surface area contributed by atoms with Crippen molar-refractivity contribution in [2.75, 3.05) is 38.1 Å². The topological polar surface area (TPSA) is 98.8 Å². The van der Waals surface area contributed by atoms with Crippen LogP contribution in [0.4, 0.5) is 5.69 Å². The number of hydrogen-bond acceptors (Lipinski definition) is 5. The van der Waals surface area contributed by atoms with Gasteiger partial charge in [-0.1, -0.05) is 17.9 Å². The second kappa shape index (κ2) is 10.5. The summed E-state index contributed by atoms with van der Waals surface area (Å²) in [6, 6.07) is 0. The highest BCUT2D eigenvalue weighted by Crippen LogP contribution is 2.40. The molecule has 0 aromatic carbocycles. The molecule has 0 spiro atoms. The predicted octanol–water partition coefficient (Wildman–Crippen LogP) is 3.89. The van der Waals surface area contributed by atoms with Gasteiger partial charge in [0.15, 0.2) is 0 Å². The average Bonchev–Trinajstić information content (AvgIpc) is 3.26. The molecule has 3 N–H and O–H groups in total. The van der Waals surface area contributed by atoms with Crippen molar-refractivity contribution in [2.24, 2.45) is 10.9 Å². The summed E-state index contributed by atoms with van der Waals surface area (Å²) in [6.07, 6.45) is 9.65. The van der Waals surface area contributed by atoms with Crippen molar-refractivity contribution < 1.29 is 14.3 Å². The number of allylic oxidation sites excluding steroid dienone is 3. The van der Waals surface area contributed by atoms with E-state index >= 15 is 0 Å². The van der Waals surface area contributed by atoms with E-state index < -0.39 is 0 Å². The minimum Gasteiger partial charge on any atom is -0.491 e. The van der Waals surface area contributed by atoms with E-state index in [1.54, 1.807) is 6.21 Å². The molecule has 188 valence electrons. The number of aromatic nitrogens is 1. The van der Waals surface area contributed by atoms with Crippen LogP contribution in [0.25, 0.3) is 5.57 Å². The van der Waals surface area contributed by atoms with Crippen LogP contribution in [0.15, 0.2) is 46.6 Å². The summed E-state index contributed by atoms with van der Waals surface area (Å²) in [5, 5.41) is 6.43. The SMILES string of the molecule is C=C=C=C(C)Nc1c2[nH]c3c1C(=O)NCC3C/C=C\CC(=O)N1CCCC(COC3=C2CCN=C3)C1. The summed E-state index contributed by atoms with van der Waals surface area (Å²) in [7, 11) is 0. The molecular formula is C28H33N5O3. The molecule has 2 unspecified atom stereocenters. The molecule has 5 heterocycles. The summed E-state index contributed by atoms with van der Waals surface area (Å²) in [5.74, 6) is 1.10. The first-order valence-electron chi connectivity index (χ1n) is 12.8. The van der Waals surface area contributed by atoms with Crippen LogP contribution < -0.4 is 10.6 Å². The molecule has 36 heavy (non-hydrogen) atoms. The zero-order chi connectivity index (χ0) is 25.1. The van der Waals surface area contributed by atoms with Gasteiger partial charge in [0.05, 0.1) is 35.5 Å². The van der Waals surface area contributed by atoms with Crippen LogP contribution in [0.1, 0.15) is 66.7 Å². The number of hydrogen-bond donors (Lipinski definition) is 3. The quantitative estimate of drug-likeness (QED) is 0.435. The van der Waals surface area contributed by atoms with Crippen molar-refractivity contribution in [3.8, 4) is 0 Å². The smallest absolute Gasteiger partial charge is 0.255 e. The number of nitrogens with one attached hydrogen (secondary N) is 3. The average molecular weight is 488 g/mol. The van der Waals surface area contributed by atoms with Crippen molar-refractivity contribution in [1.29, 1.82) is 0 Å². The number of aromatic amines is 1. The Labute approximate surface area is 211 Å². The molecule has 4 aliphatic heterocycles. The van der Waals surface area contributed by atoms with Crippen LogP contribution in [0.5, 0.6) is 0 Å². The Morgan fingerprint density at radius 3 is 3.08 bits per heavy atom. The summed E-state index contributed by atoms with van der Waals surface area (Å²) in [5.41, 5.74) is 10.4. The van der Waals surface area contributed by atoms with Crippen LogP contribution in [0.2, 0.25) is 0 Å². The summed E-state index contributed by atoms with van der Waals surface area (Å²) in [6.45, 7) is 8.72. The Balaban J connectivity index is 1.63. The minimum atomic E-state index is -0.118. The Morgan fingerprint density at radius 1 is 1.33 bits per heavy atom. The molecule has 0 aliphatic carbocycles.